The zero-order valence-electron chi connectivity index (χ0n) is 10.9. The van der Waals surface area contributed by atoms with Gasteiger partial charge in [-0.05, 0) is 37.8 Å². The predicted octanol–water partition coefficient (Wildman–Crippen LogP) is 2.03. The van der Waals surface area contributed by atoms with Crippen LogP contribution in [0.3, 0.4) is 0 Å². The van der Waals surface area contributed by atoms with Gasteiger partial charge >= 0.3 is 0 Å². The quantitative estimate of drug-likeness (QED) is 0.826. The fourth-order valence-corrected chi connectivity index (χ4v) is 1.64. The van der Waals surface area contributed by atoms with Gasteiger partial charge in [-0.15, -0.1) is 0 Å². The number of aliphatic hydroxyl groups excluding tert-OH is 1. The van der Waals surface area contributed by atoms with Gasteiger partial charge in [0, 0.05) is 12.6 Å². The monoisotopic (exact) mass is 239 g/mol. The van der Waals surface area contributed by atoms with Crippen LogP contribution in [-0.4, -0.2) is 23.7 Å². The average molecular weight is 239 g/mol. The van der Waals surface area contributed by atoms with Crippen molar-refractivity contribution in [1.82, 2.24) is 5.32 Å². The van der Waals surface area contributed by atoms with Crippen molar-refractivity contribution in [3.05, 3.63) is 23.2 Å². The van der Waals surface area contributed by atoms with E-state index in [1.165, 1.54) is 0 Å². The van der Waals surface area contributed by atoms with Gasteiger partial charge in [-0.25, -0.2) is 0 Å². The Kier molecular flexibility index (Phi) is 4.75. The minimum Gasteiger partial charge on any atom is -0.456 e. The molecule has 4 nitrogen and oxygen atoms in total. The minimum atomic E-state index is -0.214. The molecule has 17 heavy (non-hydrogen) atoms. The molecule has 1 aromatic heterocycles. The van der Waals surface area contributed by atoms with E-state index in [-0.39, 0.29) is 24.5 Å². The molecule has 0 aromatic carbocycles. The molecule has 1 heterocycles. The lowest BCUT2D eigenvalue weighted by atomic mass is 10.0. The van der Waals surface area contributed by atoms with Crippen LogP contribution >= 0.6 is 0 Å². The van der Waals surface area contributed by atoms with E-state index in [1.54, 1.807) is 6.07 Å². The van der Waals surface area contributed by atoms with Crippen molar-refractivity contribution in [3.8, 4) is 0 Å². The molecule has 2 N–H and O–H groups in total. The van der Waals surface area contributed by atoms with Crippen LogP contribution in [0.15, 0.2) is 10.5 Å². The number of furan rings is 1. The number of aryl methyl sites for hydroxylation is 2. The van der Waals surface area contributed by atoms with E-state index in [2.05, 4.69) is 5.32 Å². The van der Waals surface area contributed by atoms with E-state index in [0.717, 1.165) is 11.3 Å². The first-order chi connectivity index (χ1) is 7.95. The summed E-state index contributed by atoms with van der Waals surface area (Å²) in [6.45, 7) is 7.83. The molecular weight excluding hydrogens is 218 g/mol. The molecule has 0 spiro atoms. The van der Waals surface area contributed by atoms with E-state index in [4.69, 9.17) is 9.52 Å². The molecule has 1 rings (SSSR count). The lowest BCUT2D eigenvalue weighted by molar-refractivity contribution is 0.0887. The third kappa shape index (κ3) is 3.60. The van der Waals surface area contributed by atoms with Gasteiger partial charge in [0.1, 0.15) is 5.76 Å². The van der Waals surface area contributed by atoms with Gasteiger partial charge < -0.3 is 14.8 Å². The number of rotatable bonds is 5. The highest BCUT2D eigenvalue weighted by Gasteiger charge is 2.19. The van der Waals surface area contributed by atoms with Crippen molar-refractivity contribution < 1.29 is 14.3 Å². The van der Waals surface area contributed by atoms with Crippen molar-refractivity contribution in [2.45, 2.75) is 40.2 Å². The Morgan fingerprint density at radius 3 is 2.53 bits per heavy atom. The largest absolute Gasteiger partial charge is 0.456 e. The summed E-state index contributed by atoms with van der Waals surface area (Å²) >= 11 is 0. The molecule has 0 fully saturated rings. The molecule has 1 atom stereocenters. The minimum absolute atomic E-state index is 0.0294. The van der Waals surface area contributed by atoms with E-state index in [9.17, 15) is 4.79 Å². The van der Waals surface area contributed by atoms with E-state index >= 15 is 0 Å². The first-order valence-corrected chi connectivity index (χ1v) is 5.94. The summed E-state index contributed by atoms with van der Waals surface area (Å²) in [5, 5.41) is 11.8. The average Bonchev–Trinajstić information content (AvgIpc) is 2.58. The summed E-state index contributed by atoms with van der Waals surface area (Å²) in [6, 6.07) is 1.71. The lowest BCUT2D eigenvalue weighted by Gasteiger charge is -2.20. The van der Waals surface area contributed by atoms with Crippen LogP contribution in [0.1, 0.15) is 42.1 Å². The molecule has 1 amide bonds. The molecule has 0 saturated carbocycles. The number of aliphatic hydroxyl groups is 1. The first-order valence-electron chi connectivity index (χ1n) is 5.94. The highest BCUT2D eigenvalue weighted by Crippen LogP contribution is 2.14. The molecule has 0 aliphatic heterocycles. The van der Waals surface area contributed by atoms with Crippen molar-refractivity contribution in [2.24, 2.45) is 5.92 Å². The third-order valence-corrected chi connectivity index (χ3v) is 2.95. The number of hydrogen-bond acceptors (Lipinski definition) is 3. The maximum atomic E-state index is 11.9. The molecule has 96 valence electrons. The second-order valence-electron chi connectivity index (χ2n) is 4.69. The van der Waals surface area contributed by atoms with Crippen LogP contribution in [0.4, 0.5) is 0 Å². The molecule has 1 aromatic rings. The Bertz CT molecular complexity index is 363. The second-order valence-corrected chi connectivity index (χ2v) is 4.69. The maximum Gasteiger partial charge on any atom is 0.287 e. The van der Waals surface area contributed by atoms with Crippen LogP contribution in [0.25, 0.3) is 0 Å². The van der Waals surface area contributed by atoms with Gasteiger partial charge in [-0.2, -0.15) is 0 Å². The van der Waals surface area contributed by atoms with Crippen LogP contribution in [0, 0.1) is 19.8 Å². The topological polar surface area (TPSA) is 62.5 Å². The zero-order valence-corrected chi connectivity index (χ0v) is 10.9. The van der Waals surface area contributed by atoms with Crippen LogP contribution < -0.4 is 5.32 Å². The fourth-order valence-electron chi connectivity index (χ4n) is 1.64. The summed E-state index contributed by atoms with van der Waals surface area (Å²) in [5.41, 5.74) is 0.971. The standard InChI is InChI=1S/C13H21NO3/c1-8(2)11(5-6-15)14-13(16)12-7-9(3)10(4)17-12/h7-8,11,15H,5-6H2,1-4H3,(H,14,16). The fraction of sp³-hybridized carbons (Fsp3) is 0.615. The Hall–Kier alpha value is -1.29. The predicted molar refractivity (Wildman–Crippen MR) is 66.0 cm³/mol. The normalized spacial score (nSPS) is 12.8. The van der Waals surface area contributed by atoms with Gasteiger partial charge in [-0.3, -0.25) is 4.79 Å². The number of carbonyl (C=O) groups excluding carboxylic acids is 1. The third-order valence-electron chi connectivity index (χ3n) is 2.95. The zero-order chi connectivity index (χ0) is 13.0. The van der Waals surface area contributed by atoms with Crippen LogP contribution in [0.5, 0.6) is 0 Å². The smallest absolute Gasteiger partial charge is 0.287 e. The van der Waals surface area contributed by atoms with Gasteiger partial charge in [0.05, 0.1) is 0 Å². The van der Waals surface area contributed by atoms with Crippen molar-refractivity contribution in [1.29, 1.82) is 0 Å². The molecule has 0 bridgehead atoms. The summed E-state index contributed by atoms with van der Waals surface area (Å²) in [6.07, 6.45) is 0.558. The van der Waals surface area contributed by atoms with Crippen LogP contribution in [0.2, 0.25) is 0 Å². The Labute approximate surface area is 102 Å². The highest BCUT2D eigenvalue weighted by molar-refractivity contribution is 5.91. The molecule has 0 radical (unpaired) electrons. The van der Waals surface area contributed by atoms with Crippen molar-refractivity contribution in [3.63, 3.8) is 0 Å². The number of hydrogen-bond donors (Lipinski definition) is 2. The van der Waals surface area contributed by atoms with E-state index < -0.39 is 0 Å². The SMILES string of the molecule is Cc1cc(C(=O)NC(CCO)C(C)C)oc1C. The van der Waals surface area contributed by atoms with Crippen LogP contribution in [-0.2, 0) is 0 Å². The molecule has 0 aliphatic carbocycles. The molecule has 0 aliphatic rings. The lowest BCUT2D eigenvalue weighted by Crippen LogP contribution is -2.39. The number of nitrogens with one attached hydrogen (secondary N) is 1. The molecular formula is C13H21NO3. The van der Waals surface area contributed by atoms with Gasteiger partial charge in [0.2, 0.25) is 0 Å². The second kappa shape index (κ2) is 5.87. The summed E-state index contributed by atoms with van der Waals surface area (Å²) in [5.74, 6) is 1.17. The molecule has 0 saturated heterocycles. The molecule has 4 heteroatoms. The molecule has 1 unspecified atom stereocenters. The summed E-state index contributed by atoms with van der Waals surface area (Å²) in [4.78, 5) is 11.9. The van der Waals surface area contributed by atoms with Gasteiger partial charge in [0.15, 0.2) is 5.76 Å². The Morgan fingerprint density at radius 1 is 1.47 bits per heavy atom. The van der Waals surface area contributed by atoms with E-state index in [0.29, 0.717) is 12.2 Å². The maximum absolute atomic E-state index is 11.9. The van der Waals surface area contributed by atoms with Crippen molar-refractivity contribution >= 4 is 5.91 Å². The Morgan fingerprint density at radius 2 is 2.12 bits per heavy atom. The highest BCUT2D eigenvalue weighted by atomic mass is 16.3. The summed E-state index contributed by atoms with van der Waals surface area (Å²) < 4.78 is 5.36. The number of amides is 1. The summed E-state index contributed by atoms with van der Waals surface area (Å²) in [7, 11) is 0. The van der Waals surface area contributed by atoms with Crippen molar-refractivity contribution in [2.75, 3.05) is 6.61 Å². The van der Waals surface area contributed by atoms with Gasteiger partial charge in [0.25, 0.3) is 5.91 Å². The van der Waals surface area contributed by atoms with E-state index in [1.807, 2.05) is 27.7 Å². The number of carbonyl (C=O) groups is 1. The van der Waals surface area contributed by atoms with Gasteiger partial charge in [-0.1, -0.05) is 13.8 Å². The Balaban J connectivity index is 2.70. The first kappa shape index (κ1) is 13.8.